The number of rotatable bonds is 5. The number of halogens is 1. The van der Waals surface area contributed by atoms with E-state index in [0.29, 0.717) is 6.54 Å². The van der Waals surface area contributed by atoms with Crippen molar-refractivity contribution >= 4 is 5.71 Å². The molecular formula is C26H29FN2O2. The average molecular weight is 421 g/mol. The number of benzene rings is 3. The van der Waals surface area contributed by atoms with Crippen molar-refractivity contribution in [3.8, 4) is 5.75 Å². The van der Waals surface area contributed by atoms with E-state index < -0.39 is 0 Å². The van der Waals surface area contributed by atoms with Crippen molar-refractivity contribution in [2.45, 2.75) is 26.3 Å². The lowest BCUT2D eigenvalue weighted by atomic mass is 9.97. The topological polar surface area (TPSA) is 45.1 Å². The van der Waals surface area contributed by atoms with Crippen LogP contribution in [0.4, 0.5) is 4.39 Å². The number of aliphatic hydroxyl groups excluding tert-OH is 1. The molecule has 1 aliphatic rings. The molecular weight excluding hydrogens is 391 g/mol. The molecule has 1 aliphatic heterocycles. The second-order valence-electron chi connectivity index (χ2n) is 7.54. The summed E-state index contributed by atoms with van der Waals surface area (Å²) in [6, 6.07) is 22.7. The van der Waals surface area contributed by atoms with Gasteiger partial charge in [0.1, 0.15) is 11.6 Å². The van der Waals surface area contributed by atoms with E-state index in [4.69, 9.17) is 4.74 Å². The molecule has 0 fully saturated rings. The Balaban J connectivity index is 0.000000330. The molecule has 0 saturated carbocycles. The van der Waals surface area contributed by atoms with Gasteiger partial charge in [0.25, 0.3) is 0 Å². The molecule has 0 radical (unpaired) electrons. The zero-order valence-electron chi connectivity index (χ0n) is 18.3. The number of hydrogen-bond donors (Lipinski definition) is 1. The van der Waals surface area contributed by atoms with Crippen LogP contribution < -0.4 is 4.74 Å². The standard InChI is InChI=1S/C19H21FN2O2.C7H8/c1-13-11-15(5-8-19(13)24-2)17-12-18(22(21-17)9-10-23)14-3-6-16(20)7-4-14;1-7-5-3-2-4-6-7/h3-8,11,18,23H,9-10,12H2,1-2H3;2-6H,1H3. The summed E-state index contributed by atoms with van der Waals surface area (Å²) in [6.07, 6.45) is 0.720. The first-order valence-corrected chi connectivity index (χ1v) is 10.4. The average Bonchev–Trinajstić information content (AvgIpc) is 3.19. The second-order valence-corrected chi connectivity index (χ2v) is 7.54. The maximum absolute atomic E-state index is 13.2. The Kier molecular flexibility index (Phi) is 7.79. The lowest BCUT2D eigenvalue weighted by Crippen LogP contribution is -2.22. The van der Waals surface area contributed by atoms with E-state index in [9.17, 15) is 9.50 Å². The van der Waals surface area contributed by atoms with Crippen molar-refractivity contribution in [3.63, 3.8) is 0 Å². The molecule has 0 bridgehead atoms. The Morgan fingerprint density at radius 1 is 1.03 bits per heavy atom. The SMILES string of the molecule is COc1ccc(C2=NN(CCO)C(c3ccc(F)cc3)C2)cc1C.Cc1ccccc1. The fourth-order valence-corrected chi connectivity index (χ4v) is 3.61. The van der Waals surface area contributed by atoms with Crippen LogP contribution in [0.15, 0.2) is 77.9 Å². The van der Waals surface area contributed by atoms with Crippen LogP contribution in [0.3, 0.4) is 0 Å². The highest BCUT2D eigenvalue weighted by Crippen LogP contribution is 2.33. The number of β-amino-alcohol motifs (C(OH)–C–C–N with tert-alkyl or cyclic N) is 1. The monoisotopic (exact) mass is 420 g/mol. The van der Waals surface area contributed by atoms with Crippen LogP contribution in [0.5, 0.6) is 5.75 Å². The van der Waals surface area contributed by atoms with Gasteiger partial charge in [-0.15, -0.1) is 0 Å². The molecule has 3 aromatic rings. The van der Waals surface area contributed by atoms with Crippen LogP contribution in [0.25, 0.3) is 0 Å². The van der Waals surface area contributed by atoms with Crippen LogP contribution in [-0.2, 0) is 0 Å². The van der Waals surface area contributed by atoms with E-state index >= 15 is 0 Å². The normalized spacial score (nSPS) is 15.2. The molecule has 1 atom stereocenters. The van der Waals surface area contributed by atoms with Crippen molar-refractivity contribution in [3.05, 3.63) is 101 Å². The van der Waals surface area contributed by atoms with Crippen LogP contribution in [-0.4, -0.2) is 36.1 Å². The Morgan fingerprint density at radius 3 is 2.29 bits per heavy atom. The van der Waals surface area contributed by atoms with Gasteiger partial charge in [-0.3, -0.25) is 5.01 Å². The number of aliphatic hydroxyl groups is 1. The molecule has 31 heavy (non-hydrogen) atoms. The molecule has 0 saturated heterocycles. The summed E-state index contributed by atoms with van der Waals surface area (Å²) in [5.74, 6) is 0.594. The van der Waals surface area contributed by atoms with Gasteiger partial charge in [0.05, 0.1) is 32.0 Å². The van der Waals surface area contributed by atoms with Gasteiger partial charge in [0.2, 0.25) is 0 Å². The van der Waals surface area contributed by atoms with Crippen LogP contribution in [0.2, 0.25) is 0 Å². The molecule has 4 rings (SSSR count). The first-order chi connectivity index (χ1) is 15.0. The van der Waals surface area contributed by atoms with Crippen LogP contribution in [0.1, 0.15) is 34.7 Å². The van der Waals surface area contributed by atoms with E-state index in [1.54, 1.807) is 19.2 Å². The van der Waals surface area contributed by atoms with E-state index in [1.807, 2.05) is 42.3 Å². The molecule has 0 amide bonds. The second kappa shape index (κ2) is 10.7. The molecule has 0 spiro atoms. The lowest BCUT2D eigenvalue weighted by Gasteiger charge is -2.22. The highest BCUT2D eigenvalue weighted by Gasteiger charge is 2.28. The number of aryl methyl sites for hydroxylation is 2. The Bertz CT molecular complexity index is 1000. The smallest absolute Gasteiger partial charge is 0.123 e. The summed E-state index contributed by atoms with van der Waals surface area (Å²) < 4.78 is 18.5. The van der Waals surface area contributed by atoms with Gasteiger partial charge in [0, 0.05) is 6.42 Å². The maximum Gasteiger partial charge on any atom is 0.123 e. The number of ether oxygens (including phenoxy) is 1. The third kappa shape index (κ3) is 5.92. The molecule has 3 aromatic carbocycles. The van der Waals surface area contributed by atoms with Crippen LogP contribution in [0, 0.1) is 19.7 Å². The summed E-state index contributed by atoms with van der Waals surface area (Å²) in [6.45, 7) is 4.55. The summed E-state index contributed by atoms with van der Waals surface area (Å²) >= 11 is 0. The van der Waals surface area contributed by atoms with Gasteiger partial charge in [0.15, 0.2) is 0 Å². The van der Waals surface area contributed by atoms with Crippen LogP contribution >= 0.6 is 0 Å². The molecule has 0 aliphatic carbocycles. The van der Waals surface area contributed by atoms with Gasteiger partial charge < -0.3 is 9.84 Å². The minimum Gasteiger partial charge on any atom is -0.496 e. The van der Waals surface area contributed by atoms with E-state index in [2.05, 4.69) is 30.2 Å². The molecule has 4 nitrogen and oxygen atoms in total. The van der Waals surface area contributed by atoms with E-state index in [0.717, 1.165) is 34.6 Å². The van der Waals surface area contributed by atoms with E-state index in [1.165, 1.54) is 17.7 Å². The van der Waals surface area contributed by atoms with Crippen molar-refractivity contribution in [2.24, 2.45) is 5.10 Å². The van der Waals surface area contributed by atoms with Crippen molar-refractivity contribution < 1.29 is 14.2 Å². The molecule has 162 valence electrons. The number of nitrogens with zero attached hydrogens (tertiary/aromatic N) is 2. The van der Waals surface area contributed by atoms with Crippen molar-refractivity contribution in [2.75, 3.05) is 20.3 Å². The van der Waals surface area contributed by atoms with E-state index in [-0.39, 0.29) is 18.5 Å². The van der Waals surface area contributed by atoms with Gasteiger partial charge in [-0.2, -0.15) is 5.10 Å². The quantitative estimate of drug-likeness (QED) is 0.611. The third-order valence-electron chi connectivity index (χ3n) is 5.25. The number of hydrazone groups is 1. The third-order valence-corrected chi connectivity index (χ3v) is 5.25. The number of methoxy groups -OCH3 is 1. The molecule has 1 N–H and O–H groups in total. The molecule has 5 heteroatoms. The largest absolute Gasteiger partial charge is 0.496 e. The Morgan fingerprint density at radius 2 is 1.74 bits per heavy atom. The first kappa shape index (κ1) is 22.5. The summed E-state index contributed by atoms with van der Waals surface area (Å²) in [4.78, 5) is 0. The predicted molar refractivity (Wildman–Crippen MR) is 123 cm³/mol. The zero-order chi connectivity index (χ0) is 22.2. The maximum atomic E-state index is 13.2. The zero-order valence-corrected chi connectivity index (χ0v) is 18.3. The summed E-state index contributed by atoms with van der Waals surface area (Å²) in [7, 11) is 1.66. The van der Waals surface area contributed by atoms with Gasteiger partial charge in [-0.25, -0.2) is 4.39 Å². The molecule has 1 unspecified atom stereocenters. The minimum atomic E-state index is -0.252. The number of hydrogen-bond acceptors (Lipinski definition) is 4. The van der Waals surface area contributed by atoms with Gasteiger partial charge in [-0.1, -0.05) is 48.0 Å². The predicted octanol–water partition coefficient (Wildman–Crippen LogP) is 5.28. The Labute approximate surface area is 183 Å². The fourth-order valence-electron chi connectivity index (χ4n) is 3.61. The van der Waals surface area contributed by atoms with Gasteiger partial charge >= 0.3 is 0 Å². The highest BCUT2D eigenvalue weighted by atomic mass is 19.1. The summed E-state index contributed by atoms with van der Waals surface area (Å²) in [5, 5.41) is 15.9. The fraction of sp³-hybridized carbons (Fsp3) is 0.269. The lowest BCUT2D eigenvalue weighted by molar-refractivity contribution is 0.172. The van der Waals surface area contributed by atoms with Crippen molar-refractivity contribution in [1.29, 1.82) is 0 Å². The van der Waals surface area contributed by atoms with Crippen molar-refractivity contribution in [1.82, 2.24) is 5.01 Å². The highest BCUT2D eigenvalue weighted by molar-refractivity contribution is 6.02. The molecule has 1 heterocycles. The molecule has 0 aromatic heterocycles. The van der Waals surface area contributed by atoms with Gasteiger partial charge in [-0.05, 0) is 60.9 Å². The Hall–Kier alpha value is -3.18. The summed E-state index contributed by atoms with van der Waals surface area (Å²) in [5.41, 5.74) is 5.37. The minimum absolute atomic E-state index is 0.00941. The first-order valence-electron chi connectivity index (χ1n) is 10.4.